The lowest BCUT2D eigenvalue weighted by Crippen LogP contribution is -2.25. The highest BCUT2D eigenvalue weighted by molar-refractivity contribution is 7.89. The maximum Gasteiger partial charge on any atom is 0.341 e. The van der Waals surface area contributed by atoms with Crippen LogP contribution in [0.5, 0.6) is 0 Å². The Morgan fingerprint density at radius 3 is 2.26 bits per heavy atom. The average Bonchev–Trinajstić information content (AvgIpc) is 2.85. The Bertz CT molecular complexity index is 929. The summed E-state index contributed by atoms with van der Waals surface area (Å²) in [6, 6.07) is 7.58. The van der Waals surface area contributed by atoms with E-state index >= 15 is 0 Å². The number of esters is 1. The number of hydrogen-bond acceptors (Lipinski definition) is 5. The Hall–Kier alpha value is -2.32. The van der Waals surface area contributed by atoms with Crippen molar-refractivity contribution in [2.45, 2.75) is 32.2 Å². The van der Waals surface area contributed by atoms with Crippen LogP contribution < -0.4 is 9.62 Å². The fourth-order valence-corrected chi connectivity index (χ4v) is 4.38. The molecule has 1 N–H and O–H groups in total. The molecule has 0 unspecified atom stereocenters. The van der Waals surface area contributed by atoms with Crippen molar-refractivity contribution in [1.82, 2.24) is 9.29 Å². The van der Waals surface area contributed by atoms with Gasteiger partial charge in [0.15, 0.2) is 0 Å². The second-order valence-corrected chi connectivity index (χ2v) is 8.24. The highest BCUT2D eigenvalue weighted by Gasteiger charge is 2.31. The average molecular weight is 394 g/mol. The standard InChI is InChI=1S/C19H27N3O4S/c1-7-26-19(23)17-13(2)22(6)14(3)18(17)27(24,25)20-12-15-8-10-16(11-9-15)21(4)5/h8-11,20H,7,12H2,1-6H3. The van der Waals surface area contributed by atoms with Crippen molar-refractivity contribution >= 4 is 21.7 Å². The van der Waals surface area contributed by atoms with Gasteiger partial charge in [0.25, 0.3) is 0 Å². The van der Waals surface area contributed by atoms with Crippen LogP contribution in [0.4, 0.5) is 5.69 Å². The van der Waals surface area contributed by atoms with Gasteiger partial charge >= 0.3 is 5.97 Å². The molecule has 1 heterocycles. The lowest BCUT2D eigenvalue weighted by atomic mass is 10.2. The zero-order valence-corrected chi connectivity index (χ0v) is 17.5. The number of aromatic nitrogens is 1. The van der Waals surface area contributed by atoms with Gasteiger partial charge in [-0.15, -0.1) is 0 Å². The lowest BCUT2D eigenvalue weighted by Gasteiger charge is -2.13. The molecule has 1 aromatic carbocycles. The molecular formula is C19H27N3O4S. The number of anilines is 1. The van der Waals surface area contributed by atoms with E-state index in [1.807, 2.05) is 43.3 Å². The molecule has 0 fully saturated rings. The fourth-order valence-electron chi connectivity index (χ4n) is 2.85. The van der Waals surface area contributed by atoms with E-state index in [1.54, 1.807) is 32.4 Å². The molecule has 0 spiro atoms. The van der Waals surface area contributed by atoms with E-state index in [1.165, 1.54) is 0 Å². The Morgan fingerprint density at radius 1 is 1.15 bits per heavy atom. The van der Waals surface area contributed by atoms with Gasteiger partial charge in [-0.3, -0.25) is 0 Å². The van der Waals surface area contributed by atoms with Gasteiger partial charge < -0.3 is 14.2 Å². The minimum Gasteiger partial charge on any atom is -0.462 e. The van der Waals surface area contributed by atoms with Gasteiger partial charge in [0.05, 0.1) is 6.61 Å². The van der Waals surface area contributed by atoms with Crippen LogP contribution >= 0.6 is 0 Å². The number of carbonyl (C=O) groups excluding carboxylic acids is 1. The number of rotatable bonds is 7. The maximum absolute atomic E-state index is 13.0. The summed E-state index contributed by atoms with van der Waals surface area (Å²) in [6.07, 6.45) is 0. The Kier molecular flexibility index (Phi) is 6.33. The SMILES string of the molecule is CCOC(=O)c1c(S(=O)(=O)NCc2ccc(N(C)C)cc2)c(C)n(C)c1C. The highest BCUT2D eigenvalue weighted by Crippen LogP contribution is 2.27. The van der Waals surface area contributed by atoms with Crippen LogP contribution in [-0.4, -0.2) is 39.7 Å². The first-order chi connectivity index (χ1) is 12.6. The minimum absolute atomic E-state index is 0.0224. The first-order valence-electron chi connectivity index (χ1n) is 8.69. The number of carbonyl (C=O) groups is 1. The van der Waals surface area contributed by atoms with E-state index < -0.39 is 16.0 Å². The molecule has 0 saturated heterocycles. The van der Waals surface area contributed by atoms with Crippen molar-refractivity contribution in [3.8, 4) is 0 Å². The van der Waals surface area contributed by atoms with Gasteiger partial charge in [-0.1, -0.05) is 12.1 Å². The molecule has 1 aromatic heterocycles. The van der Waals surface area contributed by atoms with E-state index in [2.05, 4.69) is 4.72 Å². The summed E-state index contributed by atoms with van der Waals surface area (Å²) in [6.45, 7) is 5.38. The second-order valence-electron chi connectivity index (χ2n) is 6.54. The van der Waals surface area contributed by atoms with Gasteiger partial charge in [0.2, 0.25) is 10.0 Å². The van der Waals surface area contributed by atoms with Crippen LogP contribution in [0.3, 0.4) is 0 Å². The molecule has 0 saturated carbocycles. The molecule has 0 atom stereocenters. The Morgan fingerprint density at radius 2 is 1.74 bits per heavy atom. The molecule has 0 radical (unpaired) electrons. The number of sulfonamides is 1. The first-order valence-corrected chi connectivity index (χ1v) is 10.2. The van der Waals surface area contributed by atoms with Crippen LogP contribution in [0.15, 0.2) is 29.2 Å². The third-order valence-corrected chi connectivity index (χ3v) is 6.15. The number of nitrogens with one attached hydrogen (secondary N) is 1. The molecular weight excluding hydrogens is 366 g/mol. The molecule has 0 amide bonds. The minimum atomic E-state index is -3.89. The van der Waals surface area contributed by atoms with E-state index in [4.69, 9.17) is 4.74 Å². The smallest absolute Gasteiger partial charge is 0.341 e. The molecule has 27 heavy (non-hydrogen) atoms. The van der Waals surface area contributed by atoms with Crippen LogP contribution in [0, 0.1) is 13.8 Å². The molecule has 0 aliphatic rings. The number of benzene rings is 1. The molecule has 0 aliphatic heterocycles. The van der Waals surface area contributed by atoms with Crippen LogP contribution in [0.2, 0.25) is 0 Å². The highest BCUT2D eigenvalue weighted by atomic mass is 32.2. The summed E-state index contributed by atoms with van der Waals surface area (Å²) in [7, 11) is 1.71. The van der Waals surface area contributed by atoms with E-state index in [9.17, 15) is 13.2 Å². The second kappa shape index (κ2) is 8.14. The predicted molar refractivity (Wildman–Crippen MR) is 106 cm³/mol. The van der Waals surface area contributed by atoms with Crippen LogP contribution in [0.1, 0.15) is 34.2 Å². The Balaban J connectivity index is 2.33. The third-order valence-electron chi connectivity index (χ3n) is 4.59. The van der Waals surface area contributed by atoms with Crippen molar-refractivity contribution < 1.29 is 17.9 Å². The summed E-state index contributed by atoms with van der Waals surface area (Å²) in [4.78, 5) is 14.3. The monoisotopic (exact) mass is 393 g/mol. The Labute approximate surface area is 161 Å². The largest absolute Gasteiger partial charge is 0.462 e. The maximum atomic E-state index is 13.0. The van der Waals surface area contributed by atoms with E-state index in [-0.39, 0.29) is 23.6 Å². The van der Waals surface area contributed by atoms with Crippen molar-refractivity contribution in [2.75, 3.05) is 25.6 Å². The topological polar surface area (TPSA) is 80.6 Å². The molecule has 0 bridgehead atoms. The molecule has 2 aromatic rings. The first kappa shape index (κ1) is 21.0. The summed E-state index contributed by atoms with van der Waals surface area (Å²) >= 11 is 0. The van der Waals surface area contributed by atoms with Gasteiger partial charge in [-0.25, -0.2) is 17.9 Å². The molecule has 148 valence electrons. The zero-order valence-electron chi connectivity index (χ0n) is 16.7. The molecule has 8 heteroatoms. The van der Waals surface area contributed by atoms with Crippen molar-refractivity contribution in [1.29, 1.82) is 0 Å². The zero-order chi connectivity index (χ0) is 20.4. The molecule has 7 nitrogen and oxygen atoms in total. The van der Waals surface area contributed by atoms with Crippen molar-refractivity contribution in [3.05, 3.63) is 46.8 Å². The van der Waals surface area contributed by atoms with Gasteiger partial charge in [-0.05, 0) is 38.5 Å². The quantitative estimate of drug-likeness (QED) is 0.731. The summed E-state index contributed by atoms with van der Waals surface area (Å²) < 4.78 is 35.3. The molecule has 2 rings (SSSR count). The van der Waals surface area contributed by atoms with Gasteiger partial charge in [0, 0.05) is 44.8 Å². The normalized spacial score (nSPS) is 11.5. The number of ether oxygens (including phenoxy) is 1. The number of nitrogens with zero attached hydrogens (tertiary/aromatic N) is 2. The summed E-state index contributed by atoms with van der Waals surface area (Å²) in [5.74, 6) is -0.630. The van der Waals surface area contributed by atoms with Crippen LogP contribution in [-0.2, 0) is 28.4 Å². The van der Waals surface area contributed by atoms with E-state index in [0.717, 1.165) is 11.3 Å². The fraction of sp³-hybridized carbons (Fsp3) is 0.421. The number of hydrogen-bond donors (Lipinski definition) is 1. The van der Waals surface area contributed by atoms with Gasteiger partial charge in [0.1, 0.15) is 10.5 Å². The van der Waals surface area contributed by atoms with Crippen molar-refractivity contribution in [3.63, 3.8) is 0 Å². The lowest BCUT2D eigenvalue weighted by molar-refractivity contribution is 0.0521. The summed E-state index contributed by atoms with van der Waals surface area (Å²) in [5, 5.41) is 0. The van der Waals surface area contributed by atoms with Crippen molar-refractivity contribution in [2.24, 2.45) is 7.05 Å². The molecule has 0 aliphatic carbocycles. The van der Waals surface area contributed by atoms with Gasteiger partial charge in [-0.2, -0.15) is 0 Å². The third kappa shape index (κ3) is 4.33. The van der Waals surface area contributed by atoms with Crippen LogP contribution in [0.25, 0.3) is 0 Å². The summed E-state index contributed by atoms with van der Waals surface area (Å²) in [5.41, 5.74) is 2.99. The van der Waals surface area contributed by atoms with E-state index in [0.29, 0.717) is 11.4 Å². The predicted octanol–water partition coefficient (Wildman–Crippen LogP) is 2.36.